The van der Waals surface area contributed by atoms with Crippen LogP contribution in [-0.4, -0.2) is 55.2 Å². The van der Waals surface area contributed by atoms with Gasteiger partial charge in [-0.25, -0.2) is 4.98 Å². The second-order valence-corrected chi connectivity index (χ2v) is 5.36. The van der Waals surface area contributed by atoms with E-state index in [-0.39, 0.29) is 0 Å². The molecule has 0 radical (unpaired) electrons. The molecule has 0 spiro atoms. The summed E-state index contributed by atoms with van der Waals surface area (Å²) in [7, 11) is 0. The quantitative estimate of drug-likeness (QED) is 0.839. The van der Waals surface area contributed by atoms with Gasteiger partial charge in [0.15, 0.2) is 0 Å². The lowest BCUT2D eigenvalue weighted by molar-refractivity contribution is 0.196. The molecule has 2 fully saturated rings. The first-order valence-corrected chi connectivity index (χ1v) is 6.95. The van der Waals surface area contributed by atoms with Crippen LogP contribution in [0, 0.1) is 6.92 Å². The summed E-state index contributed by atoms with van der Waals surface area (Å²) in [5.41, 5.74) is 1.29. The largest absolute Gasteiger partial charge is 0.354 e. The number of hydrogen-bond acceptors (Lipinski definition) is 4. The van der Waals surface area contributed by atoms with Crippen molar-refractivity contribution in [3.8, 4) is 0 Å². The van der Waals surface area contributed by atoms with Gasteiger partial charge in [0.05, 0.1) is 0 Å². The molecule has 2 aliphatic heterocycles. The van der Waals surface area contributed by atoms with E-state index in [1.54, 1.807) is 0 Å². The molecule has 3 heterocycles. The van der Waals surface area contributed by atoms with Gasteiger partial charge >= 0.3 is 0 Å². The van der Waals surface area contributed by atoms with Crippen molar-refractivity contribution in [2.24, 2.45) is 0 Å². The van der Waals surface area contributed by atoms with E-state index in [1.807, 2.05) is 6.20 Å². The highest BCUT2D eigenvalue weighted by Crippen LogP contribution is 2.17. The monoisotopic (exact) mass is 246 g/mol. The second kappa shape index (κ2) is 5.24. The Balaban J connectivity index is 1.59. The molecular formula is C14H22N4. The van der Waals surface area contributed by atoms with Gasteiger partial charge in [0.25, 0.3) is 0 Å². The van der Waals surface area contributed by atoms with Gasteiger partial charge in [-0.2, -0.15) is 0 Å². The van der Waals surface area contributed by atoms with Crippen molar-refractivity contribution < 1.29 is 0 Å². The molecule has 18 heavy (non-hydrogen) atoms. The predicted octanol–water partition coefficient (Wildman–Crippen LogP) is 0.874. The summed E-state index contributed by atoms with van der Waals surface area (Å²) in [6.45, 7) is 9.03. The van der Waals surface area contributed by atoms with Gasteiger partial charge in [-0.05, 0) is 37.6 Å². The van der Waals surface area contributed by atoms with E-state index in [0.29, 0.717) is 0 Å². The van der Waals surface area contributed by atoms with Gasteiger partial charge < -0.3 is 10.2 Å². The van der Waals surface area contributed by atoms with Crippen LogP contribution in [0.1, 0.15) is 12.0 Å². The maximum Gasteiger partial charge on any atom is 0.128 e. The third-order valence-electron chi connectivity index (χ3n) is 4.09. The van der Waals surface area contributed by atoms with E-state index < -0.39 is 0 Å². The lowest BCUT2D eigenvalue weighted by Gasteiger charge is -2.38. The smallest absolute Gasteiger partial charge is 0.128 e. The minimum Gasteiger partial charge on any atom is -0.354 e. The van der Waals surface area contributed by atoms with Crippen molar-refractivity contribution in [3.05, 3.63) is 23.9 Å². The molecule has 4 heteroatoms. The Morgan fingerprint density at radius 2 is 2.11 bits per heavy atom. The Morgan fingerprint density at radius 3 is 2.78 bits per heavy atom. The molecule has 4 nitrogen and oxygen atoms in total. The molecule has 0 bridgehead atoms. The Bertz CT molecular complexity index is 393. The Hall–Kier alpha value is -1.13. The summed E-state index contributed by atoms with van der Waals surface area (Å²) < 4.78 is 0. The Kier molecular flexibility index (Phi) is 3.48. The average Bonchev–Trinajstić information content (AvgIpc) is 2.93. The van der Waals surface area contributed by atoms with Gasteiger partial charge in [-0.15, -0.1) is 0 Å². The van der Waals surface area contributed by atoms with E-state index in [0.717, 1.165) is 24.9 Å². The number of rotatable bonds is 2. The maximum atomic E-state index is 4.48. The molecule has 1 N–H and O–H groups in total. The first-order valence-electron chi connectivity index (χ1n) is 6.95. The van der Waals surface area contributed by atoms with Crippen LogP contribution in [0.3, 0.4) is 0 Å². The lowest BCUT2D eigenvalue weighted by atomic mass is 10.2. The van der Waals surface area contributed by atoms with Gasteiger partial charge in [-0.3, -0.25) is 4.90 Å². The highest BCUT2D eigenvalue weighted by Gasteiger charge is 2.26. The Morgan fingerprint density at radius 1 is 1.28 bits per heavy atom. The number of nitrogens with one attached hydrogen (secondary N) is 1. The number of pyridine rings is 1. The second-order valence-electron chi connectivity index (χ2n) is 5.36. The van der Waals surface area contributed by atoms with Crippen molar-refractivity contribution in [3.63, 3.8) is 0 Å². The van der Waals surface area contributed by atoms with Gasteiger partial charge in [-0.1, -0.05) is 0 Å². The summed E-state index contributed by atoms with van der Waals surface area (Å²) in [4.78, 5) is 9.52. The minimum absolute atomic E-state index is 0.762. The summed E-state index contributed by atoms with van der Waals surface area (Å²) in [6, 6.07) is 5.01. The first kappa shape index (κ1) is 11.9. The average molecular weight is 246 g/mol. The molecule has 2 saturated heterocycles. The molecule has 1 aromatic heterocycles. The van der Waals surface area contributed by atoms with E-state index >= 15 is 0 Å². The summed E-state index contributed by atoms with van der Waals surface area (Å²) in [6.07, 6.45) is 3.22. The molecule has 3 rings (SSSR count). The first-order chi connectivity index (χ1) is 8.83. The number of hydrogen-bond donors (Lipinski definition) is 1. The van der Waals surface area contributed by atoms with Crippen LogP contribution >= 0.6 is 0 Å². The fourth-order valence-electron chi connectivity index (χ4n) is 2.96. The topological polar surface area (TPSA) is 31.4 Å². The van der Waals surface area contributed by atoms with E-state index in [1.165, 1.54) is 38.2 Å². The van der Waals surface area contributed by atoms with Crippen LogP contribution in [0.15, 0.2) is 18.3 Å². The molecule has 98 valence electrons. The molecule has 0 aliphatic carbocycles. The van der Waals surface area contributed by atoms with Crippen molar-refractivity contribution in [1.29, 1.82) is 0 Å². The van der Waals surface area contributed by atoms with E-state index in [4.69, 9.17) is 0 Å². The van der Waals surface area contributed by atoms with Gasteiger partial charge in [0, 0.05) is 45.0 Å². The highest BCUT2D eigenvalue weighted by atomic mass is 15.3. The molecular weight excluding hydrogens is 224 g/mol. The van der Waals surface area contributed by atoms with Crippen LogP contribution in [-0.2, 0) is 0 Å². The number of nitrogens with zero attached hydrogens (tertiary/aromatic N) is 3. The summed E-state index contributed by atoms with van der Waals surface area (Å²) in [5.74, 6) is 1.14. The van der Waals surface area contributed by atoms with Crippen LogP contribution < -0.4 is 10.2 Å². The third-order valence-corrected chi connectivity index (χ3v) is 4.09. The lowest BCUT2D eigenvalue weighted by Crippen LogP contribution is -2.51. The van der Waals surface area contributed by atoms with Crippen molar-refractivity contribution in [2.75, 3.05) is 44.2 Å². The summed E-state index contributed by atoms with van der Waals surface area (Å²) >= 11 is 0. The molecule has 1 atom stereocenters. The highest BCUT2D eigenvalue weighted by molar-refractivity contribution is 5.41. The number of piperazine rings is 1. The molecule has 0 aromatic carbocycles. The number of aryl methyl sites for hydroxylation is 1. The zero-order chi connectivity index (χ0) is 12.4. The van der Waals surface area contributed by atoms with E-state index in [2.05, 4.69) is 39.2 Å². The van der Waals surface area contributed by atoms with Crippen molar-refractivity contribution in [1.82, 2.24) is 15.2 Å². The SMILES string of the molecule is Cc1ccnc(N2CCN(C3CCNC3)CC2)c1. The normalized spacial score (nSPS) is 25.6. The zero-order valence-electron chi connectivity index (χ0n) is 11.1. The molecule has 2 aliphatic rings. The maximum absolute atomic E-state index is 4.48. The fraction of sp³-hybridized carbons (Fsp3) is 0.643. The predicted molar refractivity (Wildman–Crippen MR) is 74.0 cm³/mol. The van der Waals surface area contributed by atoms with E-state index in [9.17, 15) is 0 Å². The third kappa shape index (κ3) is 2.49. The molecule has 0 amide bonds. The van der Waals surface area contributed by atoms with Crippen LogP contribution in [0.5, 0.6) is 0 Å². The van der Waals surface area contributed by atoms with Gasteiger partial charge in [0.1, 0.15) is 5.82 Å². The zero-order valence-corrected chi connectivity index (χ0v) is 11.1. The fourth-order valence-corrected chi connectivity index (χ4v) is 2.96. The number of aromatic nitrogens is 1. The summed E-state index contributed by atoms with van der Waals surface area (Å²) in [5, 5.41) is 3.45. The van der Waals surface area contributed by atoms with Crippen LogP contribution in [0.2, 0.25) is 0 Å². The van der Waals surface area contributed by atoms with Crippen molar-refractivity contribution >= 4 is 5.82 Å². The minimum atomic E-state index is 0.762. The van der Waals surface area contributed by atoms with Crippen LogP contribution in [0.25, 0.3) is 0 Å². The van der Waals surface area contributed by atoms with Crippen molar-refractivity contribution in [2.45, 2.75) is 19.4 Å². The van der Waals surface area contributed by atoms with Crippen LogP contribution in [0.4, 0.5) is 5.82 Å². The van der Waals surface area contributed by atoms with Gasteiger partial charge in [0.2, 0.25) is 0 Å². The Labute approximate surface area is 109 Å². The molecule has 1 unspecified atom stereocenters. The molecule has 0 saturated carbocycles. The standard InChI is InChI=1S/C14H22N4/c1-12-2-5-16-14(10-12)18-8-6-17(7-9-18)13-3-4-15-11-13/h2,5,10,13,15H,3-4,6-9,11H2,1H3. The number of anilines is 1. The molecule has 1 aromatic rings.